The predicted octanol–water partition coefficient (Wildman–Crippen LogP) is 2.58. The standard InChI is InChI=1S/C9H20N/c1-5-9(10-6-2)7-8(3)4/h6,8-10H,5,7H2,1-4H3. The number of hydrogen-bond donors (Lipinski definition) is 1. The van der Waals surface area contributed by atoms with E-state index in [0.29, 0.717) is 6.04 Å². The first-order chi connectivity index (χ1) is 4.70. The van der Waals surface area contributed by atoms with Crippen LogP contribution in [0.2, 0.25) is 0 Å². The molecule has 0 amide bonds. The lowest BCUT2D eigenvalue weighted by Gasteiger charge is -2.17. The van der Waals surface area contributed by atoms with Gasteiger partial charge in [-0.15, -0.1) is 0 Å². The molecule has 0 aliphatic heterocycles. The Labute approximate surface area is 65.2 Å². The summed E-state index contributed by atoms with van der Waals surface area (Å²) in [4.78, 5) is 0. The molecule has 0 heterocycles. The third kappa shape index (κ3) is 4.80. The van der Waals surface area contributed by atoms with Crippen molar-refractivity contribution in [3.63, 3.8) is 0 Å². The Morgan fingerprint density at radius 3 is 2.30 bits per heavy atom. The van der Waals surface area contributed by atoms with E-state index < -0.39 is 0 Å². The quantitative estimate of drug-likeness (QED) is 0.622. The topological polar surface area (TPSA) is 12.0 Å². The van der Waals surface area contributed by atoms with E-state index >= 15 is 0 Å². The fourth-order valence-electron chi connectivity index (χ4n) is 1.16. The zero-order chi connectivity index (χ0) is 7.98. The molecule has 1 nitrogen and oxygen atoms in total. The van der Waals surface area contributed by atoms with Gasteiger partial charge >= 0.3 is 0 Å². The molecule has 1 unspecified atom stereocenters. The van der Waals surface area contributed by atoms with Crippen LogP contribution in [-0.4, -0.2) is 6.04 Å². The molecule has 0 aromatic heterocycles. The van der Waals surface area contributed by atoms with Gasteiger partial charge in [-0.3, -0.25) is 0 Å². The number of nitrogens with one attached hydrogen (secondary N) is 1. The molecular weight excluding hydrogens is 122 g/mol. The SMILES string of the molecule is C[CH]NC(CC)CC(C)C. The second-order valence-corrected chi connectivity index (χ2v) is 3.19. The first-order valence-corrected chi connectivity index (χ1v) is 4.24. The van der Waals surface area contributed by atoms with Crippen molar-refractivity contribution in [2.45, 2.75) is 46.6 Å². The Balaban J connectivity index is 3.39. The van der Waals surface area contributed by atoms with Crippen molar-refractivity contribution in [3.05, 3.63) is 6.54 Å². The lowest BCUT2D eigenvalue weighted by molar-refractivity contribution is 0.434. The van der Waals surface area contributed by atoms with Crippen molar-refractivity contribution in [1.29, 1.82) is 0 Å². The number of rotatable bonds is 5. The average Bonchev–Trinajstić information content (AvgIpc) is 1.86. The van der Waals surface area contributed by atoms with Crippen molar-refractivity contribution >= 4 is 0 Å². The molecule has 1 heteroatoms. The predicted molar refractivity (Wildman–Crippen MR) is 46.6 cm³/mol. The normalized spacial score (nSPS) is 14.1. The van der Waals surface area contributed by atoms with Crippen LogP contribution in [0.25, 0.3) is 0 Å². The maximum absolute atomic E-state index is 3.34. The van der Waals surface area contributed by atoms with Gasteiger partial charge in [-0.05, 0) is 25.7 Å². The summed E-state index contributed by atoms with van der Waals surface area (Å²) in [7, 11) is 0. The van der Waals surface area contributed by atoms with Gasteiger partial charge in [0, 0.05) is 12.6 Å². The average molecular weight is 142 g/mol. The van der Waals surface area contributed by atoms with Crippen molar-refractivity contribution in [2.24, 2.45) is 5.92 Å². The van der Waals surface area contributed by atoms with Gasteiger partial charge in [-0.2, -0.15) is 0 Å². The summed E-state index contributed by atoms with van der Waals surface area (Å²) in [5, 5.41) is 3.34. The molecule has 0 aliphatic rings. The maximum Gasteiger partial charge on any atom is 0.0192 e. The summed E-state index contributed by atoms with van der Waals surface area (Å²) in [6.07, 6.45) is 2.50. The summed E-state index contributed by atoms with van der Waals surface area (Å²) in [6.45, 7) is 10.8. The van der Waals surface area contributed by atoms with Gasteiger partial charge in [0.05, 0.1) is 0 Å². The summed E-state index contributed by atoms with van der Waals surface area (Å²) in [6, 6.07) is 0.685. The van der Waals surface area contributed by atoms with Crippen LogP contribution < -0.4 is 5.32 Å². The second kappa shape index (κ2) is 5.72. The molecule has 0 spiro atoms. The van der Waals surface area contributed by atoms with Crippen molar-refractivity contribution in [1.82, 2.24) is 5.32 Å². The fraction of sp³-hybridized carbons (Fsp3) is 0.889. The van der Waals surface area contributed by atoms with Crippen LogP contribution in [-0.2, 0) is 0 Å². The highest BCUT2D eigenvalue weighted by molar-refractivity contribution is 4.69. The highest BCUT2D eigenvalue weighted by atomic mass is 14.9. The first-order valence-electron chi connectivity index (χ1n) is 4.24. The molecule has 0 aromatic carbocycles. The summed E-state index contributed by atoms with van der Waals surface area (Å²) in [5.41, 5.74) is 0. The van der Waals surface area contributed by atoms with Crippen LogP contribution in [0.5, 0.6) is 0 Å². The molecule has 0 bridgehead atoms. The van der Waals surface area contributed by atoms with Crippen LogP contribution in [0.3, 0.4) is 0 Å². The van der Waals surface area contributed by atoms with Gasteiger partial charge < -0.3 is 5.32 Å². The molecule has 10 heavy (non-hydrogen) atoms. The Morgan fingerprint density at radius 2 is 2.00 bits per heavy atom. The van der Waals surface area contributed by atoms with E-state index in [-0.39, 0.29) is 0 Å². The Bertz CT molecular complexity index is 69.1. The van der Waals surface area contributed by atoms with Gasteiger partial charge in [-0.1, -0.05) is 20.8 Å². The number of hydrogen-bond acceptors (Lipinski definition) is 1. The van der Waals surface area contributed by atoms with Gasteiger partial charge in [-0.25, -0.2) is 0 Å². The van der Waals surface area contributed by atoms with Crippen molar-refractivity contribution in [3.8, 4) is 0 Å². The molecular formula is C9H20N. The van der Waals surface area contributed by atoms with Gasteiger partial charge in [0.25, 0.3) is 0 Å². The third-order valence-corrected chi connectivity index (χ3v) is 1.65. The zero-order valence-electron chi connectivity index (χ0n) is 7.65. The van der Waals surface area contributed by atoms with Crippen LogP contribution >= 0.6 is 0 Å². The molecule has 0 fully saturated rings. The zero-order valence-corrected chi connectivity index (χ0v) is 7.65. The minimum Gasteiger partial charge on any atom is -0.310 e. The molecule has 1 atom stereocenters. The first kappa shape index (κ1) is 9.96. The van der Waals surface area contributed by atoms with E-state index in [1.807, 2.05) is 13.5 Å². The molecule has 0 saturated heterocycles. The van der Waals surface area contributed by atoms with Crippen LogP contribution in [0, 0.1) is 12.5 Å². The minimum atomic E-state index is 0.685. The third-order valence-electron chi connectivity index (χ3n) is 1.65. The lowest BCUT2D eigenvalue weighted by atomic mass is 10.0. The van der Waals surface area contributed by atoms with E-state index in [1.54, 1.807) is 0 Å². The van der Waals surface area contributed by atoms with E-state index in [2.05, 4.69) is 26.1 Å². The van der Waals surface area contributed by atoms with Crippen molar-refractivity contribution in [2.75, 3.05) is 0 Å². The van der Waals surface area contributed by atoms with Crippen LogP contribution in [0.15, 0.2) is 0 Å². The summed E-state index contributed by atoms with van der Waals surface area (Å²) < 4.78 is 0. The largest absolute Gasteiger partial charge is 0.310 e. The van der Waals surface area contributed by atoms with Gasteiger partial charge in [0.15, 0.2) is 0 Å². The lowest BCUT2D eigenvalue weighted by Crippen LogP contribution is -2.26. The van der Waals surface area contributed by atoms with Crippen LogP contribution in [0.1, 0.15) is 40.5 Å². The van der Waals surface area contributed by atoms with E-state index in [1.165, 1.54) is 12.8 Å². The molecule has 0 aromatic rings. The van der Waals surface area contributed by atoms with Crippen molar-refractivity contribution < 1.29 is 0 Å². The molecule has 0 rings (SSSR count). The summed E-state index contributed by atoms with van der Waals surface area (Å²) >= 11 is 0. The summed E-state index contributed by atoms with van der Waals surface area (Å²) in [5.74, 6) is 0.803. The minimum absolute atomic E-state index is 0.685. The monoisotopic (exact) mass is 142 g/mol. The molecule has 0 aliphatic carbocycles. The van der Waals surface area contributed by atoms with E-state index in [4.69, 9.17) is 0 Å². The van der Waals surface area contributed by atoms with E-state index in [0.717, 1.165) is 5.92 Å². The second-order valence-electron chi connectivity index (χ2n) is 3.19. The van der Waals surface area contributed by atoms with Gasteiger partial charge in [0.2, 0.25) is 0 Å². The van der Waals surface area contributed by atoms with Gasteiger partial charge in [0.1, 0.15) is 0 Å². The Morgan fingerprint density at radius 1 is 1.40 bits per heavy atom. The fourth-order valence-corrected chi connectivity index (χ4v) is 1.16. The molecule has 1 radical (unpaired) electrons. The van der Waals surface area contributed by atoms with Crippen LogP contribution in [0.4, 0.5) is 0 Å². The maximum atomic E-state index is 3.34. The molecule has 61 valence electrons. The Kier molecular flexibility index (Phi) is 5.70. The molecule has 0 saturated carbocycles. The highest BCUT2D eigenvalue weighted by Crippen LogP contribution is 2.07. The van der Waals surface area contributed by atoms with E-state index in [9.17, 15) is 0 Å². The smallest absolute Gasteiger partial charge is 0.0192 e. The Hall–Kier alpha value is -0.0400. The molecule has 1 N–H and O–H groups in total. The highest BCUT2D eigenvalue weighted by Gasteiger charge is 2.05.